The van der Waals surface area contributed by atoms with Crippen LogP contribution in [0.25, 0.3) is 0 Å². The Balaban J connectivity index is 1.85. The van der Waals surface area contributed by atoms with Gasteiger partial charge in [0.25, 0.3) is 0 Å². The van der Waals surface area contributed by atoms with E-state index in [0.29, 0.717) is 6.61 Å². The minimum absolute atomic E-state index is 0.605. The third-order valence-corrected chi connectivity index (χ3v) is 5.45. The molecule has 1 saturated heterocycles. The van der Waals surface area contributed by atoms with Crippen LogP contribution in [0, 0.1) is 5.92 Å². The highest BCUT2D eigenvalue weighted by molar-refractivity contribution is 7.79. The summed E-state index contributed by atoms with van der Waals surface area (Å²) in [4.78, 5) is 8.51. The highest BCUT2D eigenvalue weighted by atomic mass is 32.1. The minimum Gasteiger partial charge on any atom is -0.378 e. The number of piperidine rings is 1. The van der Waals surface area contributed by atoms with Gasteiger partial charge in [-0.25, -0.2) is 4.98 Å². The number of nitrogens with zero attached hydrogens (tertiary/aromatic N) is 2. The molecule has 5 heteroatoms. The Kier molecular flexibility index (Phi) is 6.13. The number of aromatic nitrogens is 1. The van der Waals surface area contributed by atoms with Crippen molar-refractivity contribution in [3.05, 3.63) is 15.6 Å². The molecule has 1 fully saturated rings. The molecular weight excluding hydrogens is 276 g/mol. The molecule has 0 N–H and O–H groups in total. The third-order valence-electron chi connectivity index (χ3n) is 3.77. The Morgan fingerprint density at radius 2 is 2.16 bits per heavy atom. The zero-order chi connectivity index (χ0) is 13.7. The second kappa shape index (κ2) is 7.62. The van der Waals surface area contributed by atoms with Crippen LogP contribution in [0.2, 0.25) is 0 Å². The molecule has 0 aromatic carbocycles. The van der Waals surface area contributed by atoms with Crippen molar-refractivity contribution in [3.63, 3.8) is 0 Å². The van der Waals surface area contributed by atoms with Crippen LogP contribution in [-0.4, -0.2) is 36.6 Å². The summed E-state index contributed by atoms with van der Waals surface area (Å²) in [6.07, 6.45) is 3.74. The first-order chi connectivity index (χ1) is 9.22. The van der Waals surface area contributed by atoms with E-state index in [1.807, 2.05) is 0 Å². The van der Waals surface area contributed by atoms with Crippen LogP contribution in [0.1, 0.15) is 35.3 Å². The molecule has 0 saturated carbocycles. The van der Waals surface area contributed by atoms with E-state index in [4.69, 9.17) is 4.74 Å². The van der Waals surface area contributed by atoms with Gasteiger partial charge in [-0.05, 0) is 31.8 Å². The molecular formula is C14H24N2OS2. The predicted octanol–water partition coefficient (Wildman–Crippen LogP) is 2.99. The lowest BCUT2D eigenvalue weighted by atomic mass is 9.99. The number of methoxy groups -OCH3 is 1. The van der Waals surface area contributed by atoms with Gasteiger partial charge in [0.05, 0.1) is 17.3 Å². The zero-order valence-electron chi connectivity index (χ0n) is 11.9. The molecule has 0 radical (unpaired) electrons. The van der Waals surface area contributed by atoms with Gasteiger partial charge in [0, 0.05) is 30.7 Å². The van der Waals surface area contributed by atoms with Crippen molar-refractivity contribution < 1.29 is 4.74 Å². The molecule has 3 nitrogen and oxygen atoms in total. The molecule has 0 bridgehead atoms. The summed E-state index contributed by atoms with van der Waals surface area (Å²) in [5, 5.41) is 1.23. The summed E-state index contributed by atoms with van der Waals surface area (Å²) in [5.41, 5.74) is 1.07. The van der Waals surface area contributed by atoms with Crippen molar-refractivity contribution in [2.24, 2.45) is 5.92 Å². The Morgan fingerprint density at radius 1 is 1.42 bits per heavy atom. The molecule has 0 spiro atoms. The molecule has 2 rings (SSSR count). The normalized spacial score (nSPS) is 18.1. The molecule has 2 heterocycles. The van der Waals surface area contributed by atoms with E-state index in [1.54, 1.807) is 18.4 Å². The van der Waals surface area contributed by atoms with Crippen molar-refractivity contribution >= 4 is 24.0 Å². The highest BCUT2D eigenvalue weighted by Gasteiger charge is 2.16. The van der Waals surface area contributed by atoms with Crippen LogP contribution in [0.3, 0.4) is 0 Å². The fourth-order valence-corrected chi connectivity index (χ4v) is 3.75. The Bertz CT molecular complexity index is 387. The summed E-state index contributed by atoms with van der Waals surface area (Å²) >= 11 is 6.16. The van der Waals surface area contributed by atoms with Crippen LogP contribution in [0.5, 0.6) is 0 Å². The summed E-state index contributed by atoms with van der Waals surface area (Å²) in [6.45, 7) is 6.59. The quantitative estimate of drug-likeness (QED) is 0.818. The van der Waals surface area contributed by atoms with Crippen LogP contribution in [0.4, 0.5) is 0 Å². The van der Waals surface area contributed by atoms with Crippen molar-refractivity contribution in [1.82, 2.24) is 9.88 Å². The molecule has 108 valence electrons. The van der Waals surface area contributed by atoms with Crippen molar-refractivity contribution in [3.8, 4) is 0 Å². The van der Waals surface area contributed by atoms with Gasteiger partial charge in [-0.15, -0.1) is 11.3 Å². The Labute approximate surface area is 125 Å². The van der Waals surface area contributed by atoms with Crippen LogP contribution in [-0.2, 0) is 23.5 Å². The molecule has 0 aliphatic carbocycles. The van der Waals surface area contributed by atoms with Gasteiger partial charge in [-0.1, -0.05) is 6.92 Å². The van der Waals surface area contributed by atoms with Crippen LogP contribution >= 0.6 is 24.0 Å². The number of hydrogen-bond donors (Lipinski definition) is 1. The maximum atomic E-state index is 5.19. The maximum absolute atomic E-state index is 5.19. The fraction of sp³-hybridized carbons (Fsp3) is 0.786. The molecule has 19 heavy (non-hydrogen) atoms. The summed E-state index contributed by atoms with van der Waals surface area (Å²) in [7, 11) is 1.72. The minimum atomic E-state index is 0.605. The molecule has 0 unspecified atom stereocenters. The lowest BCUT2D eigenvalue weighted by Gasteiger charge is -2.29. The van der Waals surface area contributed by atoms with Gasteiger partial charge in [0.1, 0.15) is 0 Å². The fourth-order valence-electron chi connectivity index (χ4n) is 2.46. The second-order valence-electron chi connectivity index (χ2n) is 5.34. The van der Waals surface area contributed by atoms with Crippen LogP contribution in [0.15, 0.2) is 0 Å². The first-order valence-corrected chi connectivity index (χ1v) is 8.47. The largest absolute Gasteiger partial charge is 0.378 e. The zero-order valence-corrected chi connectivity index (χ0v) is 13.6. The summed E-state index contributed by atoms with van der Waals surface area (Å²) in [5.74, 6) is 1.66. The average Bonchev–Trinajstić information content (AvgIpc) is 2.81. The number of thiol groups is 1. The van der Waals surface area contributed by atoms with Gasteiger partial charge >= 0.3 is 0 Å². The first-order valence-electron chi connectivity index (χ1n) is 7.02. The van der Waals surface area contributed by atoms with Gasteiger partial charge in [-0.3, -0.25) is 0 Å². The predicted molar refractivity (Wildman–Crippen MR) is 84.1 cm³/mol. The number of hydrogen-bond acceptors (Lipinski definition) is 5. The topological polar surface area (TPSA) is 25.4 Å². The Morgan fingerprint density at radius 3 is 2.79 bits per heavy atom. The number of likely N-dealkylation sites (tertiary alicyclic amines) is 1. The van der Waals surface area contributed by atoms with E-state index in [2.05, 4.69) is 29.4 Å². The summed E-state index contributed by atoms with van der Waals surface area (Å²) in [6, 6.07) is 0. The standard InChI is InChI=1S/C14H24N2OS2/c1-11-3-6-16(7-4-11)8-5-14-15-12(9-17-2)13(10-18)19-14/h11,18H,3-10H2,1-2H3. The van der Waals surface area contributed by atoms with Crippen LogP contribution < -0.4 is 0 Å². The molecule has 0 amide bonds. The van der Waals surface area contributed by atoms with Gasteiger partial charge in [0.2, 0.25) is 0 Å². The van der Waals surface area contributed by atoms with E-state index in [0.717, 1.165) is 30.3 Å². The van der Waals surface area contributed by atoms with Gasteiger partial charge in [0.15, 0.2) is 0 Å². The molecule has 1 aliphatic heterocycles. The van der Waals surface area contributed by atoms with E-state index < -0.39 is 0 Å². The van der Waals surface area contributed by atoms with Crippen molar-refractivity contribution in [2.75, 3.05) is 26.7 Å². The maximum Gasteiger partial charge on any atom is 0.0945 e. The van der Waals surface area contributed by atoms with Crippen molar-refractivity contribution in [2.45, 2.75) is 38.5 Å². The summed E-state index contributed by atoms with van der Waals surface area (Å²) < 4.78 is 5.19. The highest BCUT2D eigenvalue weighted by Crippen LogP contribution is 2.22. The molecule has 0 atom stereocenters. The third kappa shape index (κ3) is 4.45. The number of thiazole rings is 1. The van der Waals surface area contributed by atoms with Crippen molar-refractivity contribution in [1.29, 1.82) is 0 Å². The molecule has 1 aliphatic rings. The monoisotopic (exact) mass is 300 g/mol. The van der Waals surface area contributed by atoms with E-state index >= 15 is 0 Å². The molecule has 1 aromatic rings. The number of ether oxygens (including phenoxy) is 1. The second-order valence-corrected chi connectivity index (χ2v) is 6.83. The molecule has 1 aromatic heterocycles. The SMILES string of the molecule is COCc1nc(CCN2CCC(C)CC2)sc1CS. The Hall–Kier alpha value is -0.100. The van der Waals surface area contributed by atoms with E-state index in [1.165, 1.54) is 35.8 Å². The van der Waals surface area contributed by atoms with E-state index in [9.17, 15) is 0 Å². The smallest absolute Gasteiger partial charge is 0.0945 e. The van der Waals surface area contributed by atoms with Gasteiger partial charge in [-0.2, -0.15) is 12.6 Å². The average molecular weight is 300 g/mol. The lowest BCUT2D eigenvalue weighted by Crippen LogP contribution is -2.34. The number of rotatable bonds is 6. The lowest BCUT2D eigenvalue weighted by molar-refractivity contribution is 0.181. The first kappa shape index (κ1) is 15.3. The van der Waals surface area contributed by atoms with E-state index in [-0.39, 0.29) is 0 Å². The van der Waals surface area contributed by atoms with Gasteiger partial charge < -0.3 is 9.64 Å².